The number of rotatable bonds is 7. The average Bonchev–Trinajstić information content (AvgIpc) is 3.20. The molecule has 0 spiro atoms. The van der Waals surface area contributed by atoms with E-state index in [4.69, 9.17) is 16.3 Å². The van der Waals surface area contributed by atoms with Gasteiger partial charge in [0.2, 0.25) is 21.8 Å². The highest BCUT2D eigenvalue weighted by molar-refractivity contribution is 7.92. The normalized spacial score (nSPS) is 13.5. The third kappa shape index (κ3) is 5.89. The Morgan fingerprint density at radius 2 is 1.87 bits per heavy atom. The smallest absolute Gasteiger partial charge is 0.280 e. The lowest BCUT2D eigenvalue weighted by Gasteiger charge is -2.22. The van der Waals surface area contributed by atoms with Crippen molar-refractivity contribution in [3.8, 4) is 11.6 Å². The molecule has 3 aromatic rings. The van der Waals surface area contributed by atoms with Gasteiger partial charge in [-0.2, -0.15) is 4.98 Å². The van der Waals surface area contributed by atoms with Crippen LogP contribution in [0.25, 0.3) is 5.69 Å². The fraction of sp³-hybridized carbons (Fsp3) is 0.320. The Morgan fingerprint density at radius 1 is 1.18 bits per heavy atom. The number of hydrogen-bond donors (Lipinski definition) is 1. The lowest BCUT2D eigenvalue weighted by atomic mass is 10.0. The van der Waals surface area contributed by atoms with Crippen molar-refractivity contribution in [1.82, 2.24) is 9.55 Å². The molecule has 208 valence electrons. The lowest BCUT2D eigenvalue weighted by Crippen LogP contribution is -2.40. The van der Waals surface area contributed by atoms with Crippen molar-refractivity contribution in [2.24, 2.45) is 0 Å². The minimum Gasteiger partial charge on any atom is -0.471 e. The first-order valence-corrected chi connectivity index (χ1v) is 13.8. The second kappa shape index (κ2) is 10.2. The highest BCUT2D eigenvalue weighted by atomic mass is 35.5. The van der Waals surface area contributed by atoms with E-state index in [1.165, 1.54) is 49.9 Å². The van der Waals surface area contributed by atoms with Gasteiger partial charge in [-0.3, -0.25) is 19.1 Å². The van der Waals surface area contributed by atoms with Gasteiger partial charge in [0.15, 0.2) is 5.02 Å². The first kappa shape index (κ1) is 28.5. The molecule has 1 amide bonds. The summed E-state index contributed by atoms with van der Waals surface area (Å²) >= 11 is 6.24. The lowest BCUT2D eigenvalue weighted by molar-refractivity contribution is -0.122. The van der Waals surface area contributed by atoms with Gasteiger partial charge in [-0.1, -0.05) is 11.6 Å². The molecule has 14 heteroatoms. The summed E-state index contributed by atoms with van der Waals surface area (Å²) in [4.78, 5) is 31.5. The number of anilines is 2. The Bertz CT molecular complexity index is 1640. The number of hydrogen-bond acceptors (Lipinski definition) is 7. The van der Waals surface area contributed by atoms with Crippen LogP contribution in [-0.4, -0.2) is 47.5 Å². The van der Waals surface area contributed by atoms with Gasteiger partial charge in [-0.25, -0.2) is 21.5 Å². The molecule has 1 aromatic heterocycles. The Labute approximate surface area is 228 Å². The maximum atomic E-state index is 14.0. The van der Waals surface area contributed by atoms with Crippen molar-refractivity contribution in [1.29, 1.82) is 0 Å². The zero-order chi connectivity index (χ0) is 28.9. The predicted octanol–water partition coefficient (Wildman–Crippen LogP) is 3.28. The number of carbonyl (C=O) groups excluding carboxylic acids is 1. The molecule has 10 nitrogen and oxygen atoms in total. The van der Waals surface area contributed by atoms with Crippen LogP contribution in [-0.2, 0) is 21.4 Å². The topological polar surface area (TPSA) is 122 Å². The SMILES string of the molecule is Cc1nc(OCc2ccc(F)cc2F)c(Cl)c(=O)n1-c1ccc2c(c1)N(S(C)(=O)=O)CN2C(=O)CC(C)(C)O. The van der Waals surface area contributed by atoms with Crippen molar-refractivity contribution >= 4 is 38.9 Å². The monoisotopic (exact) mass is 582 g/mol. The molecule has 0 unspecified atom stereocenters. The molecular formula is C25H25ClF2N4O6S. The van der Waals surface area contributed by atoms with E-state index in [1.54, 1.807) is 0 Å². The van der Waals surface area contributed by atoms with Crippen LogP contribution >= 0.6 is 11.6 Å². The number of nitrogens with zero attached hydrogens (tertiary/aromatic N) is 4. The molecule has 2 heterocycles. The summed E-state index contributed by atoms with van der Waals surface area (Å²) in [6.07, 6.45) is 0.743. The summed E-state index contributed by atoms with van der Waals surface area (Å²) in [6, 6.07) is 7.35. The summed E-state index contributed by atoms with van der Waals surface area (Å²) in [5.41, 5.74) is -1.38. The van der Waals surface area contributed by atoms with E-state index < -0.39 is 43.7 Å². The van der Waals surface area contributed by atoms with Crippen LogP contribution < -0.4 is 19.5 Å². The molecule has 2 aromatic carbocycles. The van der Waals surface area contributed by atoms with Gasteiger partial charge < -0.3 is 9.84 Å². The Balaban J connectivity index is 1.71. The van der Waals surface area contributed by atoms with E-state index >= 15 is 0 Å². The number of aryl methyl sites for hydroxylation is 1. The number of aromatic nitrogens is 2. The van der Waals surface area contributed by atoms with Gasteiger partial charge >= 0.3 is 0 Å². The molecule has 0 aliphatic carbocycles. The number of aliphatic hydroxyl groups is 1. The molecule has 0 saturated carbocycles. The molecule has 0 atom stereocenters. The predicted molar refractivity (Wildman–Crippen MR) is 141 cm³/mol. The molecule has 4 rings (SSSR count). The number of sulfonamides is 1. The van der Waals surface area contributed by atoms with Crippen LogP contribution in [0.1, 0.15) is 31.7 Å². The number of carbonyl (C=O) groups is 1. The van der Waals surface area contributed by atoms with Gasteiger partial charge in [0.25, 0.3) is 5.56 Å². The minimum atomic E-state index is -3.83. The highest BCUT2D eigenvalue weighted by Gasteiger charge is 2.37. The molecule has 0 fully saturated rings. The number of amides is 1. The summed E-state index contributed by atoms with van der Waals surface area (Å²) < 4.78 is 59.8. The molecule has 1 N–H and O–H groups in total. The third-order valence-electron chi connectivity index (χ3n) is 5.88. The van der Waals surface area contributed by atoms with Crippen molar-refractivity contribution in [2.75, 3.05) is 22.1 Å². The van der Waals surface area contributed by atoms with E-state index in [1.807, 2.05) is 0 Å². The standard InChI is InChI=1S/C25H25ClF2N4O6S/c1-14-29-23(38-12-15-5-6-16(27)9-18(15)28)22(26)24(34)32(14)17-7-8-19-20(10-17)31(39(4,36)37)13-30(19)21(33)11-25(2,3)35/h5-10,35H,11-13H2,1-4H3. The number of benzene rings is 2. The van der Waals surface area contributed by atoms with Crippen LogP contribution in [0.2, 0.25) is 5.02 Å². The molecule has 0 saturated heterocycles. The number of ether oxygens (including phenoxy) is 1. The Morgan fingerprint density at radius 3 is 2.49 bits per heavy atom. The van der Waals surface area contributed by atoms with Crippen LogP contribution in [0.15, 0.2) is 41.2 Å². The number of halogens is 3. The summed E-state index contributed by atoms with van der Waals surface area (Å²) in [7, 11) is -3.83. The molecule has 1 aliphatic rings. The van der Waals surface area contributed by atoms with Crippen LogP contribution in [0.5, 0.6) is 5.88 Å². The maximum Gasteiger partial charge on any atom is 0.280 e. The quantitative estimate of drug-likeness (QED) is 0.454. The van der Waals surface area contributed by atoms with Crippen LogP contribution in [0, 0.1) is 18.6 Å². The fourth-order valence-electron chi connectivity index (χ4n) is 4.09. The highest BCUT2D eigenvalue weighted by Crippen LogP contribution is 2.40. The maximum absolute atomic E-state index is 14.0. The number of fused-ring (bicyclic) bond motifs is 1. The molecular weight excluding hydrogens is 558 g/mol. The Kier molecular flexibility index (Phi) is 7.45. The van der Waals surface area contributed by atoms with Gasteiger partial charge in [-0.05, 0) is 51.1 Å². The largest absolute Gasteiger partial charge is 0.471 e. The second-order valence-electron chi connectivity index (χ2n) is 9.68. The average molecular weight is 583 g/mol. The fourth-order valence-corrected chi connectivity index (χ4v) is 5.10. The zero-order valence-electron chi connectivity index (χ0n) is 21.4. The molecule has 0 bridgehead atoms. The van der Waals surface area contributed by atoms with E-state index in [9.17, 15) is 31.9 Å². The van der Waals surface area contributed by atoms with Crippen molar-refractivity contribution < 1.29 is 31.8 Å². The van der Waals surface area contributed by atoms with Gasteiger partial charge in [0, 0.05) is 11.6 Å². The minimum absolute atomic E-state index is 0.0271. The van der Waals surface area contributed by atoms with Crippen LogP contribution in [0.4, 0.5) is 20.2 Å². The first-order valence-electron chi connectivity index (χ1n) is 11.6. The molecule has 0 radical (unpaired) electrons. The van der Waals surface area contributed by atoms with Crippen molar-refractivity contribution in [3.63, 3.8) is 0 Å². The van der Waals surface area contributed by atoms with Gasteiger partial charge in [0.1, 0.15) is 30.7 Å². The zero-order valence-corrected chi connectivity index (χ0v) is 23.0. The van der Waals surface area contributed by atoms with E-state index in [2.05, 4.69) is 4.98 Å². The van der Waals surface area contributed by atoms with E-state index in [-0.39, 0.29) is 54.0 Å². The van der Waals surface area contributed by atoms with Crippen LogP contribution in [0.3, 0.4) is 0 Å². The summed E-state index contributed by atoms with van der Waals surface area (Å²) in [5, 5.41) is 9.66. The Hall–Kier alpha value is -3.55. The molecule has 1 aliphatic heterocycles. The third-order valence-corrected chi connectivity index (χ3v) is 7.31. The first-order chi connectivity index (χ1) is 18.1. The van der Waals surface area contributed by atoms with Gasteiger partial charge in [0.05, 0.1) is 35.3 Å². The van der Waals surface area contributed by atoms with Gasteiger partial charge in [-0.15, -0.1) is 0 Å². The van der Waals surface area contributed by atoms with Crippen molar-refractivity contribution in [2.45, 2.75) is 39.4 Å². The summed E-state index contributed by atoms with van der Waals surface area (Å²) in [6.45, 7) is 3.76. The van der Waals surface area contributed by atoms with E-state index in [0.29, 0.717) is 6.07 Å². The molecule has 39 heavy (non-hydrogen) atoms. The van der Waals surface area contributed by atoms with Crippen molar-refractivity contribution in [3.05, 3.63) is 74.8 Å². The van der Waals surface area contributed by atoms with E-state index in [0.717, 1.165) is 21.2 Å². The summed E-state index contributed by atoms with van der Waals surface area (Å²) in [5.74, 6) is -2.21. The second-order valence-corrected chi connectivity index (χ2v) is 12.0.